The van der Waals surface area contributed by atoms with Crippen molar-refractivity contribution in [2.45, 2.75) is 62.8 Å². The lowest BCUT2D eigenvalue weighted by Crippen LogP contribution is -2.46. The average molecular weight is 412 g/mol. The van der Waals surface area contributed by atoms with Gasteiger partial charge in [-0.1, -0.05) is 30.3 Å². The number of piperidine rings is 2. The van der Waals surface area contributed by atoms with Crippen molar-refractivity contribution in [3.05, 3.63) is 35.9 Å². The Bertz CT molecular complexity index is 738. The minimum atomic E-state index is -0.271. The van der Waals surface area contributed by atoms with E-state index >= 15 is 0 Å². The van der Waals surface area contributed by atoms with Gasteiger partial charge in [0.15, 0.2) is 0 Å². The lowest BCUT2D eigenvalue weighted by atomic mass is 9.89. The zero-order valence-corrected chi connectivity index (χ0v) is 18.7. The van der Waals surface area contributed by atoms with Crippen molar-refractivity contribution in [2.75, 3.05) is 40.3 Å². The number of benzene rings is 1. The summed E-state index contributed by atoms with van der Waals surface area (Å²) in [6.45, 7) is 3.84. The number of amides is 2. The molecule has 0 spiro atoms. The van der Waals surface area contributed by atoms with Crippen molar-refractivity contribution in [1.29, 1.82) is 0 Å². The van der Waals surface area contributed by atoms with Crippen LogP contribution in [0.4, 0.5) is 0 Å². The molecule has 0 N–H and O–H groups in total. The Morgan fingerprint density at radius 2 is 1.77 bits per heavy atom. The van der Waals surface area contributed by atoms with E-state index < -0.39 is 0 Å². The zero-order chi connectivity index (χ0) is 21.1. The maximum atomic E-state index is 13.4. The summed E-state index contributed by atoms with van der Waals surface area (Å²) in [4.78, 5) is 32.6. The Balaban J connectivity index is 1.28. The number of rotatable bonds is 6. The second kappa shape index (κ2) is 9.09. The molecule has 2 saturated heterocycles. The Hall–Kier alpha value is -1.88. The van der Waals surface area contributed by atoms with Crippen LogP contribution in [0, 0.1) is 5.92 Å². The van der Waals surface area contributed by atoms with Gasteiger partial charge < -0.3 is 14.7 Å². The highest BCUT2D eigenvalue weighted by atomic mass is 16.2. The molecule has 1 aliphatic carbocycles. The Morgan fingerprint density at radius 1 is 1.07 bits per heavy atom. The second-order valence-corrected chi connectivity index (χ2v) is 9.79. The van der Waals surface area contributed by atoms with Crippen LogP contribution in [-0.4, -0.2) is 72.8 Å². The molecule has 0 radical (unpaired) electrons. The molecule has 1 aromatic carbocycles. The van der Waals surface area contributed by atoms with Gasteiger partial charge in [-0.15, -0.1) is 0 Å². The molecule has 0 aromatic heterocycles. The molecule has 2 aliphatic heterocycles. The monoisotopic (exact) mass is 411 g/mol. The predicted molar refractivity (Wildman–Crippen MR) is 119 cm³/mol. The van der Waals surface area contributed by atoms with Crippen LogP contribution in [0.3, 0.4) is 0 Å². The molecule has 4 rings (SSSR count). The van der Waals surface area contributed by atoms with Crippen molar-refractivity contribution in [2.24, 2.45) is 5.92 Å². The van der Waals surface area contributed by atoms with Gasteiger partial charge in [0.05, 0.1) is 5.41 Å². The van der Waals surface area contributed by atoms with E-state index in [1.807, 2.05) is 30.1 Å². The highest BCUT2D eigenvalue weighted by Crippen LogP contribution is 2.50. The Morgan fingerprint density at radius 3 is 2.43 bits per heavy atom. The molecule has 30 heavy (non-hydrogen) atoms. The fraction of sp³-hybridized carbons (Fsp3) is 0.680. The fourth-order valence-corrected chi connectivity index (χ4v) is 5.39. The van der Waals surface area contributed by atoms with Crippen LogP contribution in [0.5, 0.6) is 0 Å². The molecular weight excluding hydrogens is 374 g/mol. The summed E-state index contributed by atoms with van der Waals surface area (Å²) in [5, 5.41) is 0. The number of hydrogen-bond donors (Lipinski definition) is 0. The second-order valence-electron chi connectivity index (χ2n) is 9.79. The molecule has 3 aliphatic rings. The molecule has 5 heteroatoms. The van der Waals surface area contributed by atoms with Crippen molar-refractivity contribution < 1.29 is 9.59 Å². The maximum absolute atomic E-state index is 13.4. The molecule has 1 aromatic rings. The quantitative estimate of drug-likeness (QED) is 0.722. The van der Waals surface area contributed by atoms with Crippen LogP contribution in [0.1, 0.15) is 56.9 Å². The van der Waals surface area contributed by atoms with Gasteiger partial charge in [0.1, 0.15) is 0 Å². The number of likely N-dealkylation sites (tertiary alicyclic amines) is 2. The standard InChI is InChI=1S/C25H37N3O2/c1-26-17-12-22(13-18-26)27(2)23(29)11-10-20-7-6-16-28(19-20)24(30)25(14-15-25)21-8-4-3-5-9-21/h3-5,8-9,20,22H,6-7,10-19H2,1-2H3. The first-order chi connectivity index (χ1) is 14.5. The van der Waals surface area contributed by atoms with Gasteiger partial charge in [0.2, 0.25) is 11.8 Å². The smallest absolute Gasteiger partial charge is 0.233 e. The van der Waals surface area contributed by atoms with Crippen LogP contribution in [-0.2, 0) is 15.0 Å². The molecule has 2 amide bonds. The molecular formula is C25H37N3O2. The van der Waals surface area contributed by atoms with E-state index in [4.69, 9.17) is 0 Å². The first-order valence-electron chi connectivity index (χ1n) is 11.8. The third-order valence-corrected chi connectivity index (χ3v) is 7.69. The number of carbonyl (C=O) groups excluding carboxylic acids is 2. The normalized spacial score (nSPS) is 24.5. The summed E-state index contributed by atoms with van der Waals surface area (Å²) < 4.78 is 0. The lowest BCUT2D eigenvalue weighted by molar-refractivity contribution is -0.136. The van der Waals surface area contributed by atoms with E-state index in [9.17, 15) is 9.59 Å². The molecule has 0 bridgehead atoms. The third-order valence-electron chi connectivity index (χ3n) is 7.69. The maximum Gasteiger partial charge on any atom is 0.233 e. The van der Waals surface area contributed by atoms with Gasteiger partial charge in [0, 0.05) is 32.6 Å². The molecule has 1 unspecified atom stereocenters. The summed E-state index contributed by atoms with van der Waals surface area (Å²) in [6, 6.07) is 10.7. The van der Waals surface area contributed by atoms with Gasteiger partial charge in [0.25, 0.3) is 0 Å². The van der Waals surface area contributed by atoms with E-state index in [0.717, 1.165) is 71.1 Å². The van der Waals surface area contributed by atoms with Crippen molar-refractivity contribution in [1.82, 2.24) is 14.7 Å². The Kier molecular flexibility index (Phi) is 6.47. The molecule has 5 nitrogen and oxygen atoms in total. The Labute approximate surface area is 181 Å². The number of carbonyl (C=O) groups is 2. The average Bonchev–Trinajstić information content (AvgIpc) is 3.60. The predicted octanol–water partition coefficient (Wildman–Crippen LogP) is 3.29. The molecule has 2 heterocycles. The van der Waals surface area contributed by atoms with Crippen molar-refractivity contribution >= 4 is 11.8 Å². The highest BCUT2D eigenvalue weighted by Gasteiger charge is 2.53. The van der Waals surface area contributed by atoms with Crippen LogP contribution in [0.15, 0.2) is 30.3 Å². The summed E-state index contributed by atoms with van der Waals surface area (Å²) in [5.41, 5.74) is 0.903. The van der Waals surface area contributed by atoms with Crippen LogP contribution < -0.4 is 0 Å². The first kappa shape index (κ1) is 21.4. The summed E-state index contributed by atoms with van der Waals surface area (Å²) in [5.74, 6) is 1.04. The summed E-state index contributed by atoms with van der Waals surface area (Å²) in [7, 11) is 4.13. The molecule has 1 saturated carbocycles. The van der Waals surface area contributed by atoms with E-state index in [1.165, 1.54) is 5.56 Å². The van der Waals surface area contributed by atoms with Crippen molar-refractivity contribution in [3.63, 3.8) is 0 Å². The number of nitrogens with zero attached hydrogens (tertiary/aromatic N) is 3. The third kappa shape index (κ3) is 4.56. The van der Waals surface area contributed by atoms with Crippen LogP contribution in [0.25, 0.3) is 0 Å². The van der Waals surface area contributed by atoms with E-state index in [-0.39, 0.29) is 11.3 Å². The van der Waals surface area contributed by atoms with Gasteiger partial charge >= 0.3 is 0 Å². The summed E-state index contributed by atoms with van der Waals surface area (Å²) >= 11 is 0. The topological polar surface area (TPSA) is 43.9 Å². The minimum absolute atomic E-state index is 0.271. The molecule has 3 fully saturated rings. The van der Waals surface area contributed by atoms with Gasteiger partial charge in [-0.2, -0.15) is 0 Å². The number of hydrogen-bond acceptors (Lipinski definition) is 3. The molecule has 1 atom stereocenters. The van der Waals surface area contributed by atoms with E-state index in [0.29, 0.717) is 24.3 Å². The highest BCUT2D eigenvalue weighted by molar-refractivity contribution is 5.91. The minimum Gasteiger partial charge on any atom is -0.343 e. The van der Waals surface area contributed by atoms with Crippen molar-refractivity contribution in [3.8, 4) is 0 Å². The fourth-order valence-electron chi connectivity index (χ4n) is 5.39. The van der Waals surface area contributed by atoms with Gasteiger partial charge in [-0.05, 0) is 76.6 Å². The van der Waals surface area contributed by atoms with Gasteiger partial charge in [-0.3, -0.25) is 9.59 Å². The SMILES string of the molecule is CN1CCC(N(C)C(=O)CCC2CCCN(C(=O)C3(c4ccccc4)CC3)C2)CC1. The lowest BCUT2D eigenvalue weighted by Gasteiger charge is -2.37. The van der Waals surface area contributed by atoms with E-state index in [1.54, 1.807) is 0 Å². The van der Waals surface area contributed by atoms with Gasteiger partial charge in [-0.25, -0.2) is 0 Å². The molecule has 164 valence electrons. The van der Waals surface area contributed by atoms with Crippen LogP contribution in [0.2, 0.25) is 0 Å². The largest absolute Gasteiger partial charge is 0.343 e. The van der Waals surface area contributed by atoms with Crippen LogP contribution >= 0.6 is 0 Å². The zero-order valence-electron chi connectivity index (χ0n) is 18.7. The first-order valence-corrected chi connectivity index (χ1v) is 11.8. The summed E-state index contributed by atoms with van der Waals surface area (Å²) in [6.07, 6.45) is 7.79. The van der Waals surface area contributed by atoms with E-state index in [2.05, 4.69) is 29.0 Å².